The third-order valence-electron chi connectivity index (χ3n) is 5.81. The van der Waals surface area contributed by atoms with Crippen molar-refractivity contribution in [2.45, 2.75) is 25.5 Å². The molecule has 0 aliphatic carbocycles. The van der Waals surface area contributed by atoms with Crippen molar-refractivity contribution in [3.05, 3.63) is 66.3 Å². The second kappa shape index (κ2) is 9.22. The molecule has 0 saturated heterocycles. The van der Waals surface area contributed by atoms with Gasteiger partial charge in [0, 0.05) is 24.0 Å². The number of aromatic nitrogens is 7. The summed E-state index contributed by atoms with van der Waals surface area (Å²) in [5, 5.41) is 12.9. The Morgan fingerprint density at radius 3 is 2.50 bits per heavy atom. The molecule has 4 aromatic heterocycles. The molecule has 0 bridgehead atoms. The average molecular weight is 545 g/mol. The second-order valence-electron chi connectivity index (χ2n) is 8.21. The Hall–Kier alpha value is -3.42. The van der Waals surface area contributed by atoms with Crippen LogP contribution in [0.25, 0.3) is 16.9 Å². The van der Waals surface area contributed by atoms with E-state index in [1.165, 1.54) is 23.0 Å². The minimum absolute atomic E-state index is 0.0428. The monoisotopic (exact) mass is 544 g/mol. The van der Waals surface area contributed by atoms with Gasteiger partial charge in [-0.05, 0) is 31.5 Å². The number of nitrogens with zero attached hydrogens (tertiary/aromatic N) is 7. The Labute approximate surface area is 217 Å². The lowest BCUT2D eigenvalue weighted by molar-refractivity contribution is -0.113. The van der Waals surface area contributed by atoms with Crippen LogP contribution >= 0.6 is 34.7 Å². The van der Waals surface area contributed by atoms with E-state index < -0.39 is 11.2 Å². The molecule has 4 heterocycles. The number of benzene rings is 1. The first kappa shape index (κ1) is 24.3. The van der Waals surface area contributed by atoms with E-state index in [9.17, 15) is 14.4 Å². The van der Waals surface area contributed by atoms with Crippen LogP contribution in [-0.4, -0.2) is 44.9 Å². The number of thiazole rings is 1. The highest BCUT2D eigenvalue weighted by atomic mass is 35.5. The Morgan fingerprint density at radius 2 is 1.83 bits per heavy atom. The number of imidazole rings is 1. The number of carbonyl (C=O) groups is 1. The standard InChI is InChI=1S/C22H21ClN8O3S2/c1-11-12(2)36-19(24-11)25-15(32)10-35-21-27-26-20-30(9-13-5-7-14(23)8-6-13)16-17(31(20)21)28(3)22(34)29(4)18(16)33/h5-8H,9-10H2,1-4H3,(H,24,25,32). The van der Waals surface area contributed by atoms with Crippen LogP contribution in [0, 0.1) is 13.8 Å². The molecule has 0 atom stereocenters. The van der Waals surface area contributed by atoms with E-state index in [0.717, 1.165) is 32.5 Å². The molecule has 5 aromatic rings. The minimum atomic E-state index is -0.477. The molecule has 1 N–H and O–H groups in total. The lowest BCUT2D eigenvalue weighted by Gasteiger charge is -2.08. The van der Waals surface area contributed by atoms with Crippen LogP contribution in [0.4, 0.5) is 5.13 Å². The van der Waals surface area contributed by atoms with E-state index in [0.29, 0.717) is 38.8 Å². The number of hydrogen-bond donors (Lipinski definition) is 1. The third-order valence-corrected chi connectivity index (χ3v) is 7.98. The summed E-state index contributed by atoms with van der Waals surface area (Å²) in [5.74, 6) is 0.175. The summed E-state index contributed by atoms with van der Waals surface area (Å²) in [7, 11) is 3.03. The predicted molar refractivity (Wildman–Crippen MR) is 140 cm³/mol. The van der Waals surface area contributed by atoms with Gasteiger partial charge in [0.2, 0.25) is 11.7 Å². The van der Waals surface area contributed by atoms with Crippen molar-refractivity contribution in [1.82, 2.24) is 33.3 Å². The van der Waals surface area contributed by atoms with Crippen molar-refractivity contribution >= 4 is 62.7 Å². The van der Waals surface area contributed by atoms with Crippen molar-refractivity contribution in [2.75, 3.05) is 11.1 Å². The zero-order valence-electron chi connectivity index (χ0n) is 19.8. The zero-order chi connectivity index (χ0) is 25.7. The lowest BCUT2D eigenvalue weighted by atomic mass is 10.2. The number of hydrogen-bond acceptors (Lipinski definition) is 8. The van der Waals surface area contributed by atoms with Crippen molar-refractivity contribution in [2.24, 2.45) is 14.1 Å². The topological polar surface area (TPSA) is 121 Å². The molecule has 1 aromatic carbocycles. The summed E-state index contributed by atoms with van der Waals surface area (Å²) in [4.78, 5) is 43.9. The molecule has 14 heteroatoms. The van der Waals surface area contributed by atoms with Crippen molar-refractivity contribution in [1.29, 1.82) is 0 Å². The molecule has 186 valence electrons. The van der Waals surface area contributed by atoms with Crippen LogP contribution in [0.5, 0.6) is 0 Å². The molecule has 0 unspecified atom stereocenters. The lowest BCUT2D eigenvalue weighted by Crippen LogP contribution is -2.37. The summed E-state index contributed by atoms with van der Waals surface area (Å²) in [6.45, 7) is 4.14. The van der Waals surface area contributed by atoms with E-state index in [1.807, 2.05) is 26.0 Å². The van der Waals surface area contributed by atoms with Gasteiger partial charge in [-0.2, -0.15) is 0 Å². The van der Waals surface area contributed by atoms with E-state index in [1.54, 1.807) is 28.1 Å². The maximum atomic E-state index is 13.2. The SMILES string of the molecule is Cc1nc(NC(=O)CSc2nnc3n(Cc4ccc(Cl)cc4)c4c(=O)n(C)c(=O)n(C)c4n23)sc1C. The van der Waals surface area contributed by atoms with Gasteiger partial charge in [-0.3, -0.25) is 23.3 Å². The predicted octanol–water partition coefficient (Wildman–Crippen LogP) is 2.59. The maximum Gasteiger partial charge on any atom is 0.332 e. The molecule has 0 saturated carbocycles. The first-order chi connectivity index (χ1) is 17.2. The van der Waals surface area contributed by atoms with Gasteiger partial charge in [-0.25, -0.2) is 14.2 Å². The van der Waals surface area contributed by atoms with E-state index in [4.69, 9.17) is 11.6 Å². The summed E-state index contributed by atoms with van der Waals surface area (Å²) >= 11 is 8.59. The van der Waals surface area contributed by atoms with Crippen molar-refractivity contribution < 1.29 is 4.79 Å². The van der Waals surface area contributed by atoms with Gasteiger partial charge in [0.05, 0.1) is 18.0 Å². The van der Waals surface area contributed by atoms with Crippen LogP contribution in [-0.2, 0) is 25.4 Å². The maximum absolute atomic E-state index is 13.2. The molecular weight excluding hydrogens is 524 g/mol. The highest BCUT2D eigenvalue weighted by Gasteiger charge is 2.24. The Bertz CT molecular complexity index is 1740. The fraction of sp³-hybridized carbons (Fsp3) is 0.273. The molecule has 0 radical (unpaired) electrons. The third kappa shape index (κ3) is 4.12. The van der Waals surface area contributed by atoms with Gasteiger partial charge >= 0.3 is 5.69 Å². The normalized spacial score (nSPS) is 11.6. The van der Waals surface area contributed by atoms with Gasteiger partial charge < -0.3 is 5.32 Å². The molecular formula is C22H21ClN8O3S2. The van der Waals surface area contributed by atoms with Gasteiger partial charge in [0.1, 0.15) is 0 Å². The summed E-state index contributed by atoms with van der Waals surface area (Å²) in [5.41, 5.74) is 1.50. The van der Waals surface area contributed by atoms with Gasteiger partial charge in [-0.1, -0.05) is 35.5 Å². The fourth-order valence-corrected chi connectivity index (χ4v) is 5.54. The number of thioether (sulfide) groups is 1. The summed E-state index contributed by atoms with van der Waals surface area (Å²) in [6.07, 6.45) is 0. The molecule has 0 fully saturated rings. The zero-order valence-corrected chi connectivity index (χ0v) is 22.2. The average Bonchev–Trinajstić information content (AvgIpc) is 3.49. The molecule has 0 spiro atoms. The summed E-state index contributed by atoms with van der Waals surface area (Å²) in [6, 6.07) is 7.25. The van der Waals surface area contributed by atoms with E-state index >= 15 is 0 Å². The summed E-state index contributed by atoms with van der Waals surface area (Å²) < 4.78 is 5.81. The highest BCUT2D eigenvalue weighted by Crippen LogP contribution is 2.26. The smallest absolute Gasteiger partial charge is 0.301 e. The number of fused-ring (bicyclic) bond motifs is 3. The number of aryl methyl sites for hydroxylation is 3. The van der Waals surface area contributed by atoms with Crippen LogP contribution in [0.2, 0.25) is 5.02 Å². The van der Waals surface area contributed by atoms with E-state index in [-0.39, 0.29) is 11.7 Å². The molecule has 1 amide bonds. The van der Waals surface area contributed by atoms with Crippen LogP contribution in [0.3, 0.4) is 0 Å². The molecule has 5 rings (SSSR count). The Balaban J connectivity index is 1.57. The molecule has 36 heavy (non-hydrogen) atoms. The van der Waals surface area contributed by atoms with Crippen LogP contribution in [0.15, 0.2) is 39.0 Å². The van der Waals surface area contributed by atoms with Crippen molar-refractivity contribution in [3.63, 3.8) is 0 Å². The number of rotatable bonds is 6. The number of amides is 1. The number of halogens is 1. The fourth-order valence-electron chi connectivity index (χ4n) is 3.86. The Morgan fingerprint density at radius 1 is 1.11 bits per heavy atom. The Kier molecular flexibility index (Phi) is 6.22. The van der Waals surface area contributed by atoms with Gasteiger partial charge in [-0.15, -0.1) is 21.5 Å². The van der Waals surface area contributed by atoms with Crippen LogP contribution in [0.1, 0.15) is 16.1 Å². The van der Waals surface area contributed by atoms with Gasteiger partial charge in [0.15, 0.2) is 21.5 Å². The molecule has 0 aliphatic rings. The second-order valence-corrected chi connectivity index (χ2v) is 10.8. The molecule has 0 aliphatic heterocycles. The number of nitrogens with one attached hydrogen (secondary N) is 1. The first-order valence-electron chi connectivity index (χ1n) is 10.8. The van der Waals surface area contributed by atoms with Crippen LogP contribution < -0.4 is 16.6 Å². The molecule has 11 nitrogen and oxygen atoms in total. The highest BCUT2D eigenvalue weighted by molar-refractivity contribution is 7.99. The minimum Gasteiger partial charge on any atom is -0.301 e. The number of carbonyl (C=O) groups excluding carboxylic acids is 1. The van der Waals surface area contributed by atoms with Crippen molar-refractivity contribution in [3.8, 4) is 0 Å². The van der Waals surface area contributed by atoms with Gasteiger partial charge in [0.25, 0.3) is 5.56 Å². The quantitative estimate of drug-likeness (QED) is 0.326. The first-order valence-corrected chi connectivity index (χ1v) is 13.0. The van der Waals surface area contributed by atoms with E-state index in [2.05, 4.69) is 20.5 Å². The largest absolute Gasteiger partial charge is 0.332 e. The number of anilines is 1.